The van der Waals surface area contributed by atoms with Crippen LogP contribution in [-0.4, -0.2) is 87.5 Å². The molecule has 6 N–H and O–H groups in total. The topological polar surface area (TPSA) is 149 Å². The molecule has 1 fully saturated rings. The van der Waals surface area contributed by atoms with E-state index in [2.05, 4.69) is 67.8 Å². The lowest BCUT2D eigenvalue weighted by atomic mass is 9.99. The van der Waals surface area contributed by atoms with Gasteiger partial charge in [-0.3, -0.25) is 4.79 Å². The predicted octanol–water partition coefficient (Wildman–Crippen LogP) is 20.9. The summed E-state index contributed by atoms with van der Waals surface area (Å²) in [6.45, 7) is 3.80. The highest BCUT2D eigenvalue weighted by Gasteiger charge is 2.44. The van der Waals surface area contributed by atoms with Gasteiger partial charge in [-0.2, -0.15) is 0 Å². The second kappa shape index (κ2) is 65.8. The van der Waals surface area contributed by atoms with Gasteiger partial charge in [0, 0.05) is 6.42 Å². The Morgan fingerprint density at radius 2 is 0.698 bits per heavy atom. The fraction of sp³-hybridized carbons (Fsp3) is 0.857. The van der Waals surface area contributed by atoms with Crippen LogP contribution in [0, 0.1) is 0 Å². The highest BCUT2D eigenvalue weighted by Crippen LogP contribution is 2.23. The molecule has 1 amide bonds. The Hall–Kier alpha value is -2.11. The summed E-state index contributed by atoms with van der Waals surface area (Å²) in [5, 5.41) is 54.8. The zero-order valence-electron chi connectivity index (χ0n) is 56.6. The Morgan fingerprint density at radius 1 is 0.395 bits per heavy atom. The molecule has 0 radical (unpaired) electrons. The molecule has 1 rings (SSSR count). The molecule has 0 aliphatic carbocycles. The summed E-state index contributed by atoms with van der Waals surface area (Å²) in [6.07, 6.45) is 84.9. The number of hydrogen-bond donors (Lipinski definition) is 6. The van der Waals surface area contributed by atoms with Crippen LogP contribution < -0.4 is 5.32 Å². The van der Waals surface area contributed by atoms with Crippen LogP contribution in [0.1, 0.15) is 367 Å². The Balaban J connectivity index is 2.12. The minimum absolute atomic E-state index is 0.182. The fourth-order valence-electron chi connectivity index (χ4n) is 12.0. The molecule has 9 heteroatoms. The lowest BCUT2D eigenvalue weighted by Gasteiger charge is -2.40. The van der Waals surface area contributed by atoms with Gasteiger partial charge >= 0.3 is 0 Å². The third-order valence-corrected chi connectivity index (χ3v) is 17.8. The van der Waals surface area contributed by atoms with Gasteiger partial charge in [-0.25, -0.2) is 0 Å². The van der Waals surface area contributed by atoms with Crippen LogP contribution in [0.2, 0.25) is 0 Å². The molecule has 0 aromatic rings. The molecule has 0 aromatic heterocycles. The van der Waals surface area contributed by atoms with E-state index in [-0.39, 0.29) is 12.5 Å². The minimum Gasteiger partial charge on any atom is -0.394 e. The summed E-state index contributed by atoms with van der Waals surface area (Å²) in [5.74, 6) is -0.182. The zero-order chi connectivity index (χ0) is 62.1. The second-order valence-corrected chi connectivity index (χ2v) is 26.1. The number of rotatable bonds is 66. The molecular formula is C77H143NO8. The third-order valence-electron chi connectivity index (χ3n) is 17.8. The summed E-state index contributed by atoms with van der Waals surface area (Å²) >= 11 is 0. The van der Waals surface area contributed by atoms with E-state index in [4.69, 9.17) is 9.47 Å². The van der Waals surface area contributed by atoms with Gasteiger partial charge in [0.05, 0.1) is 25.4 Å². The van der Waals surface area contributed by atoms with Gasteiger partial charge in [-0.15, -0.1) is 0 Å². The first kappa shape index (κ1) is 81.9. The average molecular weight is 1210 g/mol. The van der Waals surface area contributed by atoms with Crippen LogP contribution in [0.5, 0.6) is 0 Å². The first-order valence-electron chi connectivity index (χ1n) is 37.5. The first-order valence-corrected chi connectivity index (χ1v) is 37.5. The van der Waals surface area contributed by atoms with Crippen molar-refractivity contribution in [2.24, 2.45) is 0 Å². The normalized spacial score (nSPS) is 18.3. The number of carbonyl (C=O) groups is 1. The summed E-state index contributed by atoms with van der Waals surface area (Å²) in [7, 11) is 0. The Morgan fingerprint density at radius 3 is 1.06 bits per heavy atom. The van der Waals surface area contributed by atoms with Crippen molar-refractivity contribution in [1.82, 2.24) is 5.32 Å². The van der Waals surface area contributed by atoms with Gasteiger partial charge in [-0.1, -0.05) is 351 Å². The van der Waals surface area contributed by atoms with Gasteiger partial charge in [-0.05, 0) is 70.6 Å². The van der Waals surface area contributed by atoms with Gasteiger partial charge in [0.15, 0.2) is 6.29 Å². The quantitative estimate of drug-likeness (QED) is 0.0261. The standard InChI is InChI=1S/C77H143NO8/c1-3-5-7-9-11-13-15-17-19-21-23-25-27-29-31-33-35-37-38-40-42-44-46-48-50-52-54-56-58-60-62-64-66-71(80)70(69-85-77-76(84)75(83)74(82)72(68-79)86-77)78-73(81)67-65-63-61-59-57-55-53-51-49-47-45-43-41-39-36-34-32-30-28-26-24-22-20-18-16-14-12-10-8-6-4-2/h16,18,22,24,28,30,56,58,64,66,70-72,74-77,79-80,82-84H,3-15,17,19-21,23,25-27,29,31-55,57,59-63,65,67-69H2,1-2H3,(H,78,81)/b18-16-,24-22-,30-28-,58-56+,66-64+. The van der Waals surface area contributed by atoms with Gasteiger partial charge < -0.3 is 40.3 Å². The average Bonchev–Trinajstić information content (AvgIpc) is 3.59. The van der Waals surface area contributed by atoms with Gasteiger partial charge in [0.2, 0.25) is 5.91 Å². The number of aliphatic hydroxyl groups is 5. The molecule has 7 unspecified atom stereocenters. The highest BCUT2D eigenvalue weighted by atomic mass is 16.7. The van der Waals surface area contributed by atoms with Crippen molar-refractivity contribution < 1.29 is 39.8 Å². The molecule has 0 saturated carbocycles. The number of unbranched alkanes of at least 4 members (excludes halogenated alkanes) is 48. The van der Waals surface area contributed by atoms with Crippen LogP contribution in [0.3, 0.4) is 0 Å². The molecule has 0 bridgehead atoms. The van der Waals surface area contributed by atoms with Crippen molar-refractivity contribution in [3.63, 3.8) is 0 Å². The Labute approximate surface area is 532 Å². The van der Waals surface area contributed by atoms with E-state index in [0.29, 0.717) is 6.42 Å². The minimum atomic E-state index is -1.57. The molecule has 1 aliphatic rings. The van der Waals surface area contributed by atoms with Crippen LogP contribution in [-0.2, 0) is 14.3 Å². The number of amides is 1. The SMILES string of the molecule is CCCCCCC/C=C\C/C=C\C/C=C\CCCCCCCCCCCCCCCCCCC(=O)NC(COC1OC(CO)C(O)C(O)C1O)C(O)/C=C/CC/C=C/CCCCCCCCCCCCCCCCCCCCCCCCCCCC. The van der Waals surface area contributed by atoms with Crippen molar-refractivity contribution in [1.29, 1.82) is 0 Å². The third kappa shape index (κ3) is 53.7. The molecule has 504 valence electrons. The molecule has 1 aliphatic heterocycles. The van der Waals surface area contributed by atoms with E-state index >= 15 is 0 Å². The number of allylic oxidation sites excluding steroid dienone is 9. The molecule has 0 spiro atoms. The number of carbonyl (C=O) groups excluding carboxylic acids is 1. The van der Waals surface area contributed by atoms with Crippen LogP contribution >= 0.6 is 0 Å². The highest BCUT2D eigenvalue weighted by molar-refractivity contribution is 5.76. The molecule has 0 aromatic carbocycles. The van der Waals surface area contributed by atoms with Gasteiger partial charge in [0.1, 0.15) is 24.4 Å². The maximum absolute atomic E-state index is 13.1. The van der Waals surface area contributed by atoms with E-state index in [9.17, 15) is 30.3 Å². The van der Waals surface area contributed by atoms with E-state index in [1.165, 1.54) is 295 Å². The maximum atomic E-state index is 13.1. The van der Waals surface area contributed by atoms with Gasteiger partial charge in [0.25, 0.3) is 0 Å². The summed E-state index contributed by atoms with van der Waals surface area (Å²) in [5.41, 5.74) is 0. The molecular weight excluding hydrogens is 1070 g/mol. The first-order chi connectivity index (χ1) is 42.3. The maximum Gasteiger partial charge on any atom is 0.220 e. The van der Waals surface area contributed by atoms with Crippen LogP contribution in [0.15, 0.2) is 60.8 Å². The summed E-state index contributed by atoms with van der Waals surface area (Å²) in [6, 6.07) is -0.826. The van der Waals surface area contributed by atoms with Crippen molar-refractivity contribution in [3.8, 4) is 0 Å². The van der Waals surface area contributed by atoms with Crippen LogP contribution in [0.4, 0.5) is 0 Å². The lowest BCUT2D eigenvalue weighted by Crippen LogP contribution is -2.60. The molecule has 1 saturated heterocycles. The zero-order valence-corrected chi connectivity index (χ0v) is 56.6. The summed E-state index contributed by atoms with van der Waals surface area (Å²) in [4.78, 5) is 13.1. The smallest absolute Gasteiger partial charge is 0.220 e. The largest absolute Gasteiger partial charge is 0.394 e. The molecule has 1 heterocycles. The Bertz CT molecular complexity index is 1540. The molecule has 86 heavy (non-hydrogen) atoms. The van der Waals surface area contributed by atoms with E-state index in [0.717, 1.165) is 51.4 Å². The Kier molecular flexibility index (Phi) is 62.7. The number of ether oxygens (including phenoxy) is 2. The monoisotopic (exact) mass is 1210 g/mol. The predicted molar refractivity (Wildman–Crippen MR) is 369 cm³/mol. The van der Waals surface area contributed by atoms with Crippen molar-refractivity contribution >= 4 is 5.91 Å². The molecule has 9 nitrogen and oxygen atoms in total. The second-order valence-electron chi connectivity index (χ2n) is 26.1. The van der Waals surface area contributed by atoms with E-state index in [1.807, 2.05) is 6.08 Å². The lowest BCUT2D eigenvalue weighted by molar-refractivity contribution is -0.302. The fourth-order valence-corrected chi connectivity index (χ4v) is 12.0. The van der Waals surface area contributed by atoms with E-state index in [1.54, 1.807) is 6.08 Å². The number of hydrogen-bond acceptors (Lipinski definition) is 8. The van der Waals surface area contributed by atoms with Crippen LogP contribution in [0.25, 0.3) is 0 Å². The van der Waals surface area contributed by atoms with E-state index < -0.39 is 49.5 Å². The van der Waals surface area contributed by atoms with Crippen molar-refractivity contribution in [2.75, 3.05) is 13.2 Å². The van der Waals surface area contributed by atoms with Crippen molar-refractivity contribution in [2.45, 2.75) is 410 Å². The molecule has 7 atom stereocenters. The number of aliphatic hydroxyl groups excluding tert-OH is 5. The summed E-state index contributed by atoms with van der Waals surface area (Å²) < 4.78 is 11.3. The van der Waals surface area contributed by atoms with Crippen molar-refractivity contribution in [3.05, 3.63) is 60.8 Å². The number of nitrogens with one attached hydrogen (secondary N) is 1.